The van der Waals surface area contributed by atoms with Crippen LogP contribution in [0.1, 0.15) is 11.8 Å². The molecule has 0 aliphatic carbocycles. The number of methoxy groups -OCH3 is 1. The molecule has 0 spiro atoms. The Bertz CT molecular complexity index is 434. The summed E-state index contributed by atoms with van der Waals surface area (Å²) < 4.78 is 4.68. The first-order valence-corrected chi connectivity index (χ1v) is 7.34. The second-order valence-corrected chi connectivity index (χ2v) is 5.98. The summed E-state index contributed by atoms with van der Waals surface area (Å²) in [6.07, 6.45) is 0. The van der Waals surface area contributed by atoms with Crippen LogP contribution in [0.5, 0.6) is 0 Å². The molecule has 1 aromatic rings. The summed E-state index contributed by atoms with van der Waals surface area (Å²) in [4.78, 5) is 28.1. The Kier molecular flexibility index (Phi) is 6.67. The Balaban J connectivity index is 2.38. The number of amides is 1. The maximum atomic E-state index is 12.1. The molecule has 0 N–H and O–H groups in total. The van der Waals surface area contributed by atoms with Crippen molar-refractivity contribution in [2.24, 2.45) is 5.92 Å². The van der Waals surface area contributed by atoms with E-state index >= 15 is 0 Å². The molecular weight excluding hydrogens is 276 g/mol. The molecule has 0 radical (unpaired) electrons. The third-order valence-electron chi connectivity index (χ3n) is 2.99. The number of thiophene rings is 1. The van der Waals surface area contributed by atoms with E-state index in [4.69, 9.17) is 0 Å². The Morgan fingerprint density at radius 1 is 1.40 bits per heavy atom. The second kappa shape index (κ2) is 8.01. The van der Waals surface area contributed by atoms with Gasteiger partial charge in [0.05, 0.1) is 26.1 Å². The number of carbonyl (C=O) groups excluding carboxylic acids is 2. The average molecular weight is 298 g/mol. The van der Waals surface area contributed by atoms with E-state index in [-0.39, 0.29) is 17.8 Å². The van der Waals surface area contributed by atoms with Gasteiger partial charge >= 0.3 is 5.97 Å². The molecule has 6 heteroatoms. The van der Waals surface area contributed by atoms with Crippen LogP contribution < -0.4 is 0 Å². The first-order chi connectivity index (χ1) is 9.43. The van der Waals surface area contributed by atoms with Gasteiger partial charge in [0, 0.05) is 18.5 Å². The minimum Gasteiger partial charge on any atom is -0.469 e. The smallest absolute Gasteiger partial charge is 0.309 e. The zero-order chi connectivity index (χ0) is 15.1. The number of esters is 1. The van der Waals surface area contributed by atoms with Gasteiger partial charge in [0.15, 0.2) is 0 Å². The van der Waals surface area contributed by atoms with E-state index in [1.54, 1.807) is 30.2 Å². The summed E-state index contributed by atoms with van der Waals surface area (Å²) in [5.74, 6) is -0.449. The molecule has 1 amide bonds. The highest BCUT2D eigenvalue weighted by Gasteiger charge is 2.18. The summed E-state index contributed by atoms with van der Waals surface area (Å²) >= 11 is 1.64. The van der Waals surface area contributed by atoms with Crippen molar-refractivity contribution in [2.75, 3.05) is 34.3 Å². The average Bonchev–Trinajstić information content (AvgIpc) is 2.90. The van der Waals surface area contributed by atoms with Gasteiger partial charge in [0.2, 0.25) is 5.91 Å². The fourth-order valence-electron chi connectivity index (χ4n) is 1.88. The highest BCUT2D eigenvalue weighted by Crippen LogP contribution is 2.11. The van der Waals surface area contributed by atoms with E-state index in [9.17, 15) is 9.59 Å². The Morgan fingerprint density at radius 3 is 2.65 bits per heavy atom. The molecule has 0 saturated heterocycles. The SMILES string of the molecule is COC(=O)C(C)CN(C)CC(=O)N(C)Cc1cccs1. The Morgan fingerprint density at radius 2 is 2.10 bits per heavy atom. The van der Waals surface area contributed by atoms with Crippen molar-refractivity contribution in [3.63, 3.8) is 0 Å². The van der Waals surface area contributed by atoms with Gasteiger partial charge < -0.3 is 9.64 Å². The highest BCUT2D eigenvalue weighted by atomic mass is 32.1. The summed E-state index contributed by atoms with van der Waals surface area (Å²) in [7, 11) is 4.99. The lowest BCUT2D eigenvalue weighted by molar-refractivity contribution is -0.146. The Labute approximate surface area is 124 Å². The number of ether oxygens (including phenoxy) is 1. The number of likely N-dealkylation sites (N-methyl/N-ethyl adjacent to an activating group) is 2. The molecule has 1 rings (SSSR count). The van der Waals surface area contributed by atoms with Crippen molar-refractivity contribution in [1.82, 2.24) is 9.80 Å². The van der Waals surface area contributed by atoms with Gasteiger partial charge in [-0.1, -0.05) is 13.0 Å². The van der Waals surface area contributed by atoms with Crippen molar-refractivity contribution in [3.05, 3.63) is 22.4 Å². The van der Waals surface area contributed by atoms with E-state index in [1.165, 1.54) is 7.11 Å². The predicted molar refractivity (Wildman–Crippen MR) is 79.5 cm³/mol. The van der Waals surface area contributed by atoms with Crippen LogP contribution in [0.25, 0.3) is 0 Å². The molecule has 1 heterocycles. The molecule has 1 unspecified atom stereocenters. The van der Waals surface area contributed by atoms with E-state index in [2.05, 4.69) is 4.74 Å². The number of rotatable bonds is 7. The van der Waals surface area contributed by atoms with E-state index in [0.29, 0.717) is 19.6 Å². The molecule has 0 bridgehead atoms. The maximum absolute atomic E-state index is 12.1. The summed E-state index contributed by atoms with van der Waals surface area (Å²) in [5.41, 5.74) is 0. The predicted octanol–water partition coefficient (Wildman–Crippen LogP) is 1.45. The van der Waals surface area contributed by atoms with Gasteiger partial charge in [-0.2, -0.15) is 0 Å². The molecule has 0 fully saturated rings. The fourth-order valence-corrected chi connectivity index (χ4v) is 2.64. The molecule has 112 valence electrons. The standard InChI is InChI=1S/C14H22N2O3S/c1-11(14(18)19-4)8-15(2)10-13(17)16(3)9-12-6-5-7-20-12/h5-7,11H,8-10H2,1-4H3. The molecule has 1 aromatic heterocycles. The molecule has 5 nitrogen and oxygen atoms in total. The van der Waals surface area contributed by atoms with Crippen molar-refractivity contribution >= 4 is 23.2 Å². The second-order valence-electron chi connectivity index (χ2n) is 4.95. The van der Waals surface area contributed by atoms with Crippen molar-refractivity contribution in [3.8, 4) is 0 Å². The third-order valence-corrected chi connectivity index (χ3v) is 3.85. The summed E-state index contributed by atoms with van der Waals surface area (Å²) in [6.45, 7) is 3.22. The van der Waals surface area contributed by atoms with Crippen LogP contribution in [0.3, 0.4) is 0 Å². The summed E-state index contributed by atoms with van der Waals surface area (Å²) in [5, 5.41) is 2.00. The number of hydrogen-bond acceptors (Lipinski definition) is 5. The van der Waals surface area contributed by atoms with Crippen molar-refractivity contribution in [2.45, 2.75) is 13.5 Å². The van der Waals surface area contributed by atoms with Gasteiger partial charge in [-0.05, 0) is 18.5 Å². The fraction of sp³-hybridized carbons (Fsp3) is 0.571. The number of nitrogens with zero attached hydrogens (tertiary/aromatic N) is 2. The highest BCUT2D eigenvalue weighted by molar-refractivity contribution is 7.09. The van der Waals surface area contributed by atoms with Crippen LogP contribution in [0.15, 0.2) is 17.5 Å². The molecular formula is C14H22N2O3S. The minimum atomic E-state index is -0.253. The van der Waals surface area contributed by atoms with Crippen LogP contribution >= 0.6 is 11.3 Å². The number of hydrogen-bond donors (Lipinski definition) is 0. The van der Waals surface area contributed by atoms with E-state index < -0.39 is 0 Å². The van der Waals surface area contributed by atoms with Crippen LogP contribution in [0.2, 0.25) is 0 Å². The molecule has 0 aliphatic heterocycles. The molecule has 20 heavy (non-hydrogen) atoms. The first kappa shape index (κ1) is 16.7. The van der Waals surface area contributed by atoms with Crippen molar-refractivity contribution < 1.29 is 14.3 Å². The maximum Gasteiger partial charge on any atom is 0.309 e. The van der Waals surface area contributed by atoms with E-state index in [1.807, 2.05) is 29.5 Å². The molecule has 0 aliphatic rings. The van der Waals surface area contributed by atoms with Gasteiger partial charge in [0.1, 0.15) is 0 Å². The zero-order valence-corrected chi connectivity index (χ0v) is 13.3. The van der Waals surface area contributed by atoms with Crippen LogP contribution in [0, 0.1) is 5.92 Å². The van der Waals surface area contributed by atoms with Gasteiger partial charge in [-0.15, -0.1) is 11.3 Å². The lowest BCUT2D eigenvalue weighted by atomic mass is 10.2. The van der Waals surface area contributed by atoms with Gasteiger partial charge in [0.25, 0.3) is 0 Å². The normalized spacial score (nSPS) is 12.2. The zero-order valence-electron chi connectivity index (χ0n) is 12.5. The quantitative estimate of drug-likeness (QED) is 0.715. The van der Waals surface area contributed by atoms with Gasteiger partial charge in [-0.3, -0.25) is 14.5 Å². The molecule has 1 atom stereocenters. The topological polar surface area (TPSA) is 49.9 Å². The monoisotopic (exact) mass is 298 g/mol. The van der Waals surface area contributed by atoms with E-state index in [0.717, 1.165) is 4.88 Å². The lowest BCUT2D eigenvalue weighted by Gasteiger charge is -2.23. The third kappa shape index (κ3) is 5.30. The minimum absolute atomic E-state index is 0.0398. The largest absolute Gasteiger partial charge is 0.469 e. The summed E-state index contributed by atoms with van der Waals surface area (Å²) in [6, 6.07) is 3.99. The van der Waals surface area contributed by atoms with Crippen LogP contribution in [-0.4, -0.2) is 56.0 Å². The molecule has 0 saturated carbocycles. The molecule has 0 aromatic carbocycles. The Hall–Kier alpha value is -1.40. The van der Waals surface area contributed by atoms with Crippen LogP contribution in [0.4, 0.5) is 0 Å². The van der Waals surface area contributed by atoms with Crippen LogP contribution in [-0.2, 0) is 20.9 Å². The van der Waals surface area contributed by atoms with Gasteiger partial charge in [-0.25, -0.2) is 0 Å². The lowest BCUT2D eigenvalue weighted by Crippen LogP contribution is -2.39. The number of carbonyl (C=O) groups is 2. The first-order valence-electron chi connectivity index (χ1n) is 6.46. The van der Waals surface area contributed by atoms with Crippen molar-refractivity contribution in [1.29, 1.82) is 0 Å².